The van der Waals surface area contributed by atoms with Crippen LogP contribution in [0.25, 0.3) is 12.2 Å². The second kappa shape index (κ2) is 15.2. The van der Waals surface area contributed by atoms with Gasteiger partial charge in [-0.05, 0) is 94.9 Å². The van der Waals surface area contributed by atoms with Gasteiger partial charge in [-0.25, -0.2) is 14.4 Å². The van der Waals surface area contributed by atoms with Crippen LogP contribution in [0.3, 0.4) is 0 Å². The molecule has 2 saturated heterocycles. The monoisotopic (exact) mass is 562 g/mol. The van der Waals surface area contributed by atoms with Crippen molar-refractivity contribution < 1.29 is 28.6 Å². The summed E-state index contributed by atoms with van der Waals surface area (Å²) in [7, 11) is 2.77. The molecule has 0 unspecified atom stereocenters. The second-order valence-corrected chi connectivity index (χ2v) is 11.0. The van der Waals surface area contributed by atoms with Crippen LogP contribution in [0.15, 0.2) is 59.7 Å². The van der Waals surface area contributed by atoms with E-state index < -0.39 is 5.60 Å². The van der Waals surface area contributed by atoms with Crippen molar-refractivity contribution in [3.63, 3.8) is 0 Å². The summed E-state index contributed by atoms with van der Waals surface area (Å²) in [6.07, 6.45) is 7.96. The number of esters is 2. The van der Waals surface area contributed by atoms with E-state index in [4.69, 9.17) is 9.47 Å². The number of rotatable bonds is 4. The molecule has 2 aliphatic heterocycles. The lowest BCUT2D eigenvalue weighted by molar-refractivity contribution is 0.0236. The van der Waals surface area contributed by atoms with E-state index in [0.717, 1.165) is 49.9 Å². The first-order valence-corrected chi connectivity index (χ1v) is 14.0. The van der Waals surface area contributed by atoms with Crippen LogP contribution in [0.1, 0.15) is 78.3 Å². The van der Waals surface area contributed by atoms with Crippen molar-refractivity contribution in [2.24, 2.45) is 0 Å². The number of carbonyl (C=O) groups is 3. The fraction of sp³-hybridized carbons (Fsp3) is 0.424. The number of nitrogens with one attached hydrogen (secondary N) is 1. The Morgan fingerprint density at radius 3 is 1.51 bits per heavy atom. The van der Waals surface area contributed by atoms with Crippen molar-refractivity contribution in [2.45, 2.75) is 52.1 Å². The highest BCUT2D eigenvalue weighted by atomic mass is 16.6. The molecule has 0 bridgehead atoms. The lowest BCUT2D eigenvalue weighted by atomic mass is 10.0. The van der Waals surface area contributed by atoms with E-state index in [1.807, 2.05) is 45.0 Å². The Morgan fingerprint density at radius 1 is 0.707 bits per heavy atom. The van der Waals surface area contributed by atoms with Crippen molar-refractivity contribution >= 4 is 30.2 Å². The van der Waals surface area contributed by atoms with E-state index in [2.05, 4.69) is 22.2 Å². The fourth-order valence-electron chi connectivity index (χ4n) is 4.48. The van der Waals surface area contributed by atoms with Gasteiger partial charge in [-0.3, -0.25) is 0 Å². The average molecular weight is 563 g/mol. The van der Waals surface area contributed by atoms with Gasteiger partial charge in [-0.15, -0.1) is 0 Å². The van der Waals surface area contributed by atoms with Gasteiger partial charge in [0, 0.05) is 13.1 Å². The Kier molecular flexibility index (Phi) is 11.7. The van der Waals surface area contributed by atoms with Gasteiger partial charge in [-0.2, -0.15) is 0 Å². The number of hydrogen-bond donors (Lipinski definition) is 1. The molecule has 0 atom stereocenters. The van der Waals surface area contributed by atoms with E-state index >= 15 is 0 Å². The lowest BCUT2D eigenvalue weighted by Gasteiger charge is -2.31. The van der Waals surface area contributed by atoms with E-state index in [0.29, 0.717) is 24.2 Å². The van der Waals surface area contributed by atoms with Crippen LogP contribution >= 0.6 is 0 Å². The number of carbonyl (C=O) groups excluding carboxylic acids is 3. The van der Waals surface area contributed by atoms with E-state index in [1.54, 1.807) is 29.2 Å². The zero-order valence-electron chi connectivity index (χ0n) is 24.8. The summed E-state index contributed by atoms with van der Waals surface area (Å²) in [4.78, 5) is 36.5. The SMILES string of the molecule is COC(=O)c1ccc(C=C2CCN(C(=O)OC(C)(C)C)CC2)cc1.COC(=O)c1ccc(C=C2CCNCC2)cc1. The first-order valence-electron chi connectivity index (χ1n) is 14.0. The topological polar surface area (TPSA) is 94.2 Å². The molecule has 0 radical (unpaired) electrons. The molecule has 8 nitrogen and oxygen atoms in total. The van der Waals surface area contributed by atoms with E-state index in [1.165, 1.54) is 25.4 Å². The summed E-state index contributed by atoms with van der Waals surface area (Å²) >= 11 is 0. The molecule has 2 aromatic rings. The van der Waals surface area contributed by atoms with Crippen molar-refractivity contribution in [2.75, 3.05) is 40.4 Å². The maximum absolute atomic E-state index is 12.0. The van der Waals surface area contributed by atoms with Crippen molar-refractivity contribution in [3.8, 4) is 0 Å². The maximum atomic E-state index is 12.0. The van der Waals surface area contributed by atoms with Crippen LogP contribution in [0.4, 0.5) is 4.79 Å². The first-order chi connectivity index (χ1) is 19.6. The summed E-state index contributed by atoms with van der Waals surface area (Å²) in [6, 6.07) is 14.8. The zero-order valence-corrected chi connectivity index (χ0v) is 24.8. The van der Waals surface area contributed by atoms with Gasteiger partial charge in [0.15, 0.2) is 0 Å². The molecular formula is C33H42N2O6. The molecule has 0 spiro atoms. The number of methoxy groups -OCH3 is 2. The van der Waals surface area contributed by atoms with Gasteiger partial charge >= 0.3 is 18.0 Å². The van der Waals surface area contributed by atoms with Gasteiger partial charge in [-0.1, -0.05) is 47.6 Å². The van der Waals surface area contributed by atoms with Gasteiger partial charge in [0.25, 0.3) is 0 Å². The first kappa shape index (κ1) is 31.6. The number of benzene rings is 2. The largest absolute Gasteiger partial charge is 0.465 e. The summed E-state index contributed by atoms with van der Waals surface area (Å²) < 4.78 is 14.8. The molecule has 0 saturated carbocycles. The Morgan fingerprint density at radius 2 is 1.12 bits per heavy atom. The molecule has 2 fully saturated rings. The van der Waals surface area contributed by atoms with Crippen molar-refractivity contribution in [1.29, 1.82) is 0 Å². The number of hydrogen-bond acceptors (Lipinski definition) is 7. The minimum Gasteiger partial charge on any atom is -0.465 e. The minimum absolute atomic E-state index is 0.246. The molecular weight excluding hydrogens is 520 g/mol. The van der Waals surface area contributed by atoms with Gasteiger partial charge in [0.1, 0.15) is 5.60 Å². The highest BCUT2D eigenvalue weighted by Gasteiger charge is 2.24. The molecule has 1 N–H and O–H groups in total. The molecule has 8 heteroatoms. The predicted molar refractivity (Wildman–Crippen MR) is 161 cm³/mol. The molecule has 2 aliphatic rings. The summed E-state index contributed by atoms with van der Waals surface area (Å²) in [5, 5.41) is 3.33. The van der Waals surface area contributed by atoms with Crippen LogP contribution in [0.5, 0.6) is 0 Å². The third-order valence-corrected chi connectivity index (χ3v) is 6.71. The quantitative estimate of drug-likeness (QED) is 0.354. The molecule has 4 rings (SSSR count). The molecule has 41 heavy (non-hydrogen) atoms. The Bertz CT molecular complexity index is 1220. The fourth-order valence-corrected chi connectivity index (χ4v) is 4.48. The summed E-state index contributed by atoms with van der Waals surface area (Å²) in [5.41, 5.74) is 5.63. The number of piperidine rings is 2. The zero-order chi connectivity index (χ0) is 29.8. The Hall–Kier alpha value is -3.91. The smallest absolute Gasteiger partial charge is 0.410 e. The second-order valence-electron chi connectivity index (χ2n) is 11.0. The van der Waals surface area contributed by atoms with Crippen molar-refractivity contribution in [3.05, 3.63) is 81.9 Å². The highest BCUT2D eigenvalue weighted by Crippen LogP contribution is 2.22. The average Bonchev–Trinajstić information content (AvgIpc) is 2.97. The maximum Gasteiger partial charge on any atom is 0.410 e. The standard InChI is InChI=1S/C19H25NO4.C14H17NO2/c1-19(2,3)24-18(22)20-11-9-15(10-12-20)13-14-5-7-16(8-6-14)17(21)23-4;1-17-14(16)13-4-2-11(3-5-13)10-12-6-8-15-9-7-12/h5-8,13H,9-12H2,1-4H3;2-5,10,15H,6-9H2,1H3. The molecule has 0 aliphatic carbocycles. The third-order valence-electron chi connectivity index (χ3n) is 6.71. The van der Waals surface area contributed by atoms with Gasteiger partial charge in [0.2, 0.25) is 0 Å². The summed E-state index contributed by atoms with van der Waals surface area (Å²) in [5.74, 6) is -0.619. The summed E-state index contributed by atoms with van der Waals surface area (Å²) in [6.45, 7) is 9.08. The number of likely N-dealkylation sites (tertiary alicyclic amines) is 1. The molecule has 1 amide bonds. The Labute approximate surface area is 243 Å². The number of amides is 1. The molecule has 220 valence electrons. The van der Waals surface area contributed by atoms with E-state index in [-0.39, 0.29) is 18.0 Å². The van der Waals surface area contributed by atoms with Gasteiger partial charge in [0.05, 0.1) is 25.3 Å². The third kappa shape index (κ3) is 10.5. The number of nitrogens with zero attached hydrogens (tertiary/aromatic N) is 1. The van der Waals surface area contributed by atoms with Crippen molar-refractivity contribution in [1.82, 2.24) is 10.2 Å². The molecule has 2 heterocycles. The highest BCUT2D eigenvalue weighted by molar-refractivity contribution is 5.90. The van der Waals surface area contributed by atoms with Crippen LogP contribution in [-0.4, -0.2) is 68.9 Å². The number of ether oxygens (including phenoxy) is 3. The normalized spacial score (nSPS) is 15.2. The Balaban J connectivity index is 0.000000239. The van der Waals surface area contributed by atoms with Crippen LogP contribution in [0.2, 0.25) is 0 Å². The predicted octanol–water partition coefficient (Wildman–Crippen LogP) is 6.13. The van der Waals surface area contributed by atoms with Crippen LogP contribution in [-0.2, 0) is 14.2 Å². The van der Waals surface area contributed by atoms with Crippen LogP contribution < -0.4 is 5.32 Å². The molecule has 2 aromatic carbocycles. The van der Waals surface area contributed by atoms with E-state index in [9.17, 15) is 14.4 Å². The molecule has 0 aromatic heterocycles. The minimum atomic E-state index is -0.464. The lowest BCUT2D eigenvalue weighted by Crippen LogP contribution is -2.40. The van der Waals surface area contributed by atoms with Gasteiger partial charge < -0.3 is 24.4 Å². The van der Waals surface area contributed by atoms with Crippen LogP contribution in [0, 0.1) is 0 Å².